The van der Waals surface area contributed by atoms with E-state index in [9.17, 15) is 4.79 Å². The van der Waals surface area contributed by atoms with Gasteiger partial charge in [-0.2, -0.15) is 0 Å². The smallest absolute Gasteiger partial charge is 0.287 e. The first kappa shape index (κ1) is 15.3. The first-order chi connectivity index (χ1) is 9.65. The summed E-state index contributed by atoms with van der Waals surface area (Å²) in [6, 6.07) is -0.00217. The average Bonchev–Trinajstić information content (AvgIpc) is 2.82. The SMILES string of the molecule is CCOC1CNCCC1NC(=O)c1nc(CC)c(Cl)[nH]1. The molecule has 112 valence electrons. The van der Waals surface area contributed by atoms with Crippen LogP contribution < -0.4 is 10.6 Å². The minimum Gasteiger partial charge on any atom is -0.375 e. The summed E-state index contributed by atoms with van der Waals surface area (Å²) in [5.74, 6) is 0.0313. The van der Waals surface area contributed by atoms with Crippen LogP contribution in [0.2, 0.25) is 5.15 Å². The standard InChI is InChI=1S/C13H21ClN4O2/c1-3-8-11(14)18-12(16-8)13(19)17-9-5-6-15-7-10(9)20-4-2/h9-10,15H,3-7H2,1-2H3,(H,16,18)(H,17,19). The Kier molecular flexibility index (Phi) is 5.39. The Morgan fingerprint density at radius 1 is 1.55 bits per heavy atom. The molecule has 1 aromatic heterocycles. The van der Waals surface area contributed by atoms with Crippen molar-refractivity contribution in [2.45, 2.75) is 38.8 Å². The minimum absolute atomic E-state index is 0.00217. The molecule has 2 rings (SSSR count). The van der Waals surface area contributed by atoms with E-state index in [4.69, 9.17) is 16.3 Å². The number of amides is 1. The molecule has 0 aromatic carbocycles. The van der Waals surface area contributed by atoms with E-state index in [0.29, 0.717) is 23.9 Å². The van der Waals surface area contributed by atoms with Crippen LogP contribution in [0.5, 0.6) is 0 Å². The molecule has 6 nitrogen and oxygen atoms in total. The molecule has 1 aliphatic heterocycles. The maximum Gasteiger partial charge on any atom is 0.287 e. The Labute approximate surface area is 123 Å². The highest BCUT2D eigenvalue weighted by molar-refractivity contribution is 6.30. The lowest BCUT2D eigenvalue weighted by molar-refractivity contribution is 0.0207. The van der Waals surface area contributed by atoms with Crippen molar-refractivity contribution >= 4 is 17.5 Å². The maximum absolute atomic E-state index is 12.2. The molecule has 0 aliphatic carbocycles. The van der Waals surface area contributed by atoms with Crippen LogP contribution in [0.1, 0.15) is 36.6 Å². The van der Waals surface area contributed by atoms with Gasteiger partial charge in [-0.25, -0.2) is 4.98 Å². The number of nitrogens with zero attached hydrogens (tertiary/aromatic N) is 1. The molecule has 1 aromatic rings. The van der Waals surface area contributed by atoms with Crippen molar-refractivity contribution < 1.29 is 9.53 Å². The van der Waals surface area contributed by atoms with Crippen LogP contribution in [0.25, 0.3) is 0 Å². The molecule has 1 saturated heterocycles. The van der Waals surface area contributed by atoms with Crippen molar-refractivity contribution in [1.82, 2.24) is 20.6 Å². The van der Waals surface area contributed by atoms with Crippen LogP contribution in [0, 0.1) is 0 Å². The Hall–Kier alpha value is -1.11. The highest BCUT2D eigenvalue weighted by Gasteiger charge is 2.28. The molecule has 2 atom stereocenters. The normalized spacial score (nSPS) is 22.8. The largest absolute Gasteiger partial charge is 0.375 e. The lowest BCUT2D eigenvalue weighted by Gasteiger charge is -2.32. The third-order valence-electron chi connectivity index (χ3n) is 3.40. The number of aryl methyl sites for hydroxylation is 1. The number of aromatic nitrogens is 2. The third kappa shape index (κ3) is 3.50. The summed E-state index contributed by atoms with van der Waals surface area (Å²) < 4.78 is 5.65. The molecule has 7 heteroatoms. The van der Waals surface area contributed by atoms with Gasteiger partial charge in [-0.3, -0.25) is 4.79 Å². The zero-order valence-electron chi connectivity index (χ0n) is 11.8. The number of ether oxygens (including phenoxy) is 1. The van der Waals surface area contributed by atoms with Gasteiger partial charge in [-0.1, -0.05) is 18.5 Å². The Morgan fingerprint density at radius 3 is 3.00 bits per heavy atom. The fourth-order valence-electron chi connectivity index (χ4n) is 2.35. The lowest BCUT2D eigenvalue weighted by Crippen LogP contribution is -2.54. The fraction of sp³-hybridized carbons (Fsp3) is 0.692. The molecule has 20 heavy (non-hydrogen) atoms. The molecular weight excluding hydrogens is 280 g/mol. The second-order valence-electron chi connectivity index (χ2n) is 4.77. The number of halogens is 1. The second kappa shape index (κ2) is 7.06. The summed E-state index contributed by atoms with van der Waals surface area (Å²) >= 11 is 5.98. The monoisotopic (exact) mass is 300 g/mol. The number of imidazole rings is 1. The number of carbonyl (C=O) groups is 1. The molecule has 1 fully saturated rings. The second-order valence-corrected chi connectivity index (χ2v) is 5.14. The van der Waals surface area contributed by atoms with E-state index in [1.165, 1.54) is 0 Å². The number of hydrogen-bond donors (Lipinski definition) is 3. The number of aromatic amines is 1. The number of H-pyrrole nitrogens is 1. The molecule has 0 radical (unpaired) electrons. The van der Waals surface area contributed by atoms with Crippen molar-refractivity contribution in [1.29, 1.82) is 0 Å². The van der Waals surface area contributed by atoms with E-state index in [0.717, 1.165) is 19.5 Å². The molecule has 0 saturated carbocycles. The molecule has 3 N–H and O–H groups in total. The average molecular weight is 301 g/mol. The van der Waals surface area contributed by atoms with Crippen molar-refractivity contribution in [2.24, 2.45) is 0 Å². The minimum atomic E-state index is -0.233. The van der Waals surface area contributed by atoms with E-state index in [2.05, 4.69) is 20.6 Å². The van der Waals surface area contributed by atoms with Crippen LogP contribution in [0.3, 0.4) is 0 Å². The van der Waals surface area contributed by atoms with Crippen molar-refractivity contribution in [3.63, 3.8) is 0 Å². The quantitative estimate of drug-likeness (QED) is 0.761. The number of rotatable bonds is 5. The van der Waals surface area contributed by atoms with Gasteiger partial charge in [-0.05, 0) is 26.3 Å². The molecule has 0 bridgehead atoms. The lowest BCUT2D eigenvalue weighted by atomic mass is 10.0. The first-order valence-electron chi connectivity index (χ1n) is 7.03. The summed E-state index contributed by atoms with van der Waals surface area (Å²) in [4.78, 5) is 19.2. The summed E-state index contributed by atoms with van der Waals surface area (Å²) in [5.41, 5.74) is 0.712. The first-order valence-corrected chi connectivity index (χ1v) is 7.41. The van der Waals surface area contributed by atoms with Gasteiger partial charge in [0.25, 0.3) is 5.91 Å². The van der Waals surface area contributed by atoms with E-state index < -0.39 is 0 Å². The highest BCUT2D eigenvalue weighted by atomic mass is 35.5. The highest BCUT2D eigenvalue weighted by Crippen LogP contribution is 2.14. The zero-order valence-corrected chi connectivity index (χ0v) is 12.6. The Bertz CT molecular complexity index is 461. The van der Waals surface area contributed by atoms with E-state index in [-0.39, 0.29) is 23.9 Å². The summed E-state index contributed by atoms with van der Waals surface area (Å²) in [5, 5.41) is 6.68. The molecule has 1 aliphatic rings. The molecule has 1 amide bonds. The maximum atomic E-state index is 12.2. The Morgan fingerprint density at radius 2 is 2.35 bits per heavy atom. The molecule has 2 unspecified atom stereocenters. The van der Waals surface area contributed by atoms with Crippen LogP contribution in [-0.4, -0.2) is 47.7 Å². The van der Waals surface area contributed by atoms with Crippen molar-refractivity contribution in [3.05, 3.63) is 16.7 Å². The fourth-order valence-corrected chi connectivity index (χ4v) is 2.62. The van der Waals surface area contributed by atoms with E-state index in [1.807, 2.05) is 13.8 Å². The van der Waals surface area contributed by atoms with Crippen LogP contribution in [0.15, 0.2) is 0 Å². The van der Waals surface area contributed by atoms with Gasteiger partial charge in [-0.15, -0.1) is 0 Å². The van der Waals surface area contributed by atoms with Gasteiger partial charge >= 0.3 is 0 Å². The summed E-state index contributed by atoms with van der Waals surface area (Å²) in [6.45, 7) is 6.14. The molecule has 2 heterocycles. The zero-order chi connectivity index (χ0) is 14.5. The Balaban J connectivity index is 2.01. The molecular formula is C13H21ClN4O2. The summed E-state index contributed by atoms with van der Waals surface area (Å²) in [7, 11) is 0. The number of nitrogens with one attached hydrogen (secondary N) is 3. The van der Waals surface area contributed by atoms with Gasteiger partial charge in [0.05, 0.1) is 17.8 Å². The number of hydrogen-bond acceptors (Lipinski definition) is 4. The van der Waals surface area contributed by atoms with Crippen LogP contribution in [-0.2, 0) is 11.2 Å². The number of piperidine rings is 1. The topological polar surface area (TPSA) is 79.0 Å². The van der Waals surface area contributed by atoms with Crippen molar-refractivity contribution in [2.75, 3.05) is 19.7 Å². The van der Waals surface area contributed by atoms with Gasteiger partial charge < -0.3 is 20.4 Å². The van der Waals surface area contributed by atoms with Gasteiger partial charge in [0.2, 0.25) is 0 Å². The predicted octanol–water partition coefficient (Wildman–Crippen LogP) is 1.12. The predicted molar refractivity (Wildman–Crippen MR) is 77.1 cm³/mol. The van der Waals surface area contributed by atoms with Gasteiger partial charge in [0, 0.05) is 13.2 Å². The van der Waals surface area contributed by atoms with Crippen molar-refractivity contribution in [3.8, 4) is 0 Å². The van der Waals surface area contributed by atoms with Gasteiger partial charge in [0.15, 0.2) is 5.82 Å². The van der Waals surface area contributed by atoms with Crippen LogP contribution in [0.4, 0.5) is 0 Å². The summed E-state index contributed by atoms with van der Waals surface area (Å²) in [6.07, 6.45) is 1.53. The van der Waals surface area contributed by atoms with Crippen LogP contribution >= 0.6 is 11.6 Å². The van der Waals surface area contributed by atoms with Gasteiger partial charge in [0.1, 0.15) is 5.15 Å². The third-order valence-corrected chi connectivity index (χ3v) is 3.71. The van der Waals surface area contributed by atoms with E-state index >= 15 is 0 Å². The number of carbonyl (C=O) groups excluding carboxylic acids is 1. The van der Waals surface area contributed by atoms with E-state index in [1.54, 1.807) is 0 Å². The molecule has 0 spiro atoms.